The lowest BCUT2D eigenvalue weighted by molar-refractivity contribution is -0.0435. The Hall–Kier alpha value is -4.40. The molecule has 4 aromatic carbocycles. The highest BCUT2D eigenvalue weighted by atomic mass is 32.2. The maximum absolute atomic E-state index is 13.2. The van der Waals surface area contributed by atoms with Crippen LogP contribution in [0.3, 0.4) is 0 Å². The second kappa shape index (κ2) is 13.3. The molecule has 5 rings (SSSR count). The summed E-state index contributed by atoms with van der Waals surface area (Å²) in [5.41, 5.74) is 1.39. The molecule has 0 radical (unpaired) electrons. The van der Waals surface area contributed by atoms with Crippen LogP contribution in [-0.2, 0) is 18.9 Å². The predicted molar refractivity (Wildman–Crippen MR) is 154 cm³/mol. The Morgan fingerprint density at radius 3 is 1.61 bits per heavy atom. The predicted octanol–water partition coefficient (Wildman–Crippen LogP) is 6.12. The fourth-order valence-corrected chi connectivity index (χ4v) is 5.39. The quantitative estimate of drug-likeness (QED) is 0.176. The molecule has 4 aromatic rings. The minimum Gasteiger partial charge on any atom is -0.459 e. The SMILES string of the molecule is Cc1ccc(SC2OC(COC(=O)c3ccccc3)C(OC(=O)c3ccccc3)C2OC(=O)c2ccccc2)cc1. The van der Waals surface area contributed by atoms with Gasteiger partial charge in [-0.3, -0.25) is 0 Å². The Kier molecular flexibility index (Phi) is 9.13. The molecule has 4 unspecified atom stereocenters. The van der Waals surface area contributed by atoms with Gasteiger partial charge in [-0.1, -0.05) is 84.1 Å². The number of hydrogen-bond acceptors (Lipinski definition) is 8. The van der Waals surface area contributed by atoms with Crippen molar-refractivity contribution in [3.63, 3.8) is 0 Å². The average molecular weight is 569 g/mol. The fourth-order valence-electron chi connectivity index (χ4n) is 4.29. The molecule has 0 spiro atoms. The van der Waals surface area contributed by atoms with Gasteiger partial charge in [0, 0.05) is 4.90 Å². The molecule has 0 saturated carbocycles. The van der Waals surface area contributed by atoms with Crippen molar-refractivity contribution in [2.75, 3.05) is 6.61 Å². The van der Waals surface area contributed by atoms with E-state index >= 15 is 0 Å². The Bertz CT molecular complexity index is 1460. The van der Waals surface area contributed by atoms with E-state index in [9.17, 15) is 14.4 Å². The topological polar surface area (TPSA) is 88.1 Å². The van der Waals surface area contributed by atoms with E-state index in [-0.39, 0.29) is 6.61 Å². The molecular weight excluding hydrogens is 540 g/mol. The van der Waals surface area contributed by atoms with Crippen LogP contribution < -0.4 is 0 Å². The molecule has 1 heterocycles. The summed E-state index contributed by atoms with van der Waals surface area (Å²) >= 11 is 1.33. The molecule has 1 aliphatic heterocycles. The van der Waals surface area contributed by atoms with Crippen molar-refractivity contribution in [3.8, 4) is 0 Å². The number of esters is 3. The van der Waals surface area contributed by atoms with Crippen molar-refractivity contribution in [3.05, 3.63) is 138 Å². The Morgan fingerprint density at radius 2 is 1.10 bits per heavy atom. The number of carbonyl (C=O) groups excluding carboxylic acids is 3. The molecule has 0 aliphatic carbocycles. The summed E-state index contributed by atoms with van der Waals surface area (Å²) in [7, 11) is 0. The van der Waals surface area contributed by atoms with Crippen LogP contribution in [0.4, 0.5) is 0 Å². The van der Waals surface area contributed by atoms with Crippen LogP contribution >= 0.6 is 11.8 Å². The standard InChI is InChI=1S/C33H28O7S/c1-22-17-19-26(20-18-22)41-33-29(40-32(36)25-15-9-4-10-16-25)28(39-31(35)24-13-7-3-8-14-24)27(38-33)21-37-30(34)23-11-5-2-6-12-23/h2-20,27-29,33H,21H2,1H3. The number of benzene rings is 4. The summed E-state index contributed by atoms with van der Waals surface area (Å²) in [5, 5.41) is 0. The van der Waals surface area contributed by atoms with Crippen LogP contribution in [0.2, 0.25) is 0 Å². The Labute approximate surface area is 242 Å². The lowest BCUT2D eigenvalue weighted by atomic mass is 10.1. The smallest absolute Gasteiger partial charge is 0.338 e. The van der Waals surface area contributed by atoms with Crippen LogP contribution in [-0.4, -0.2) is 48.3 Å². The maximum Gasteiger partial charge on any atom is 0.338 e. The van der Waals surface area contributed by atoms with E-state index in [0.29, 0.717) is 16.7 Å². The first-order chi connectivity index (χ1) is 20.0. The van der Waals surface area contributed by atoms with Crippen LogP contribution in [0.15, 0.2) is 120 Å². The zero-order valence-corrected chi connectivity index (χ0v) is 23.1. The van der Waals surface area contributed by atoms with Gasteiger partial charge in [0.25, 0.3) is 0 Å². The van der Waals surface area contributed by atoms with Gasteiger partial charge in [0.1, 0.15) is 18.1 Å². The van der Waals surface area contributed by atoms with E-state index in [0.717, 1.165) is 10.5 Å². The third-order valence-electron chi connectivity index (χ3n) is 6.43. The molecule has 8 heteroatoms. The minimum absolute atomic E-state index is 0.217. The first-order valence-corrected chi connectivity index (χ1v) is 14.0. The number of carbonyl (C=O) groups is 3. The van der Waals surface area contributed by atoms with E-state index in [2.05, 4.69) is 0 Å². The molecular formula is C33H28O7S. The van der Waals surface area contributed by atoms with Crippen LogP contribution in [0.5, 0.6) is 0 Å². The monoisotopic (exact) mass is 568 g/mol. The molecule has 1 fully saturated rings. The molecule has 7 nitrogen and oxygen atoms in total. The van der Waals surface area contributed by atoms with E-state index in [4.69, 9.17) is 18.9 Å². The van der Waals surface area contributed by atoms with Crippen molar-refractivity contribution < 1.29 is 33.3 Å². The van der Waals surface area contributed by atoms with Crippen LogP contribution in [0.1, 0.15) is 36.6 Å². The number of rotatable bonds is 9. The molecule has 208 valence electrons. The Morgan fingerprint density at radius 1 is 0.634 bits per heavy atom. The van der Waals surface area contributed by atoms with Gasteiger partial charge < -0.3 is 18.9 Å². The normalized spacial score (nSPS) is 19.7. The van der Waals surface area contributed by atoms with Gasteiger partial charge in [-0.25, -0.2) is 14.4 Å². The molecule has 0 N–H and O–H groups in total. The number of hydrogen-bond donors (Lipinski definition) is 0. The fraction of sp³-hybridized carbons (Fsp3) is 0.182. The van der Waals surface area contributed by atoms with Crippen LogP contribution in [0.25, 0.3) is 0 Å². The number of ether oxygens (including phenoxy) is 4. The summed E-state index contributed by atoms with van der Waals surface area (Å²) in [6, 6.07) is 33.4. The summed E-state index contributed by atoms with van der Waals surface area (Å²) in [6.45, 7) is 1.77. The third-order valence-corrected chi connectivity index (χ3v) is 7.59. The van der Waals surface area contributed by atoms with E-state index in [1.165, 1.54) is 11.8 Å². The van der Waals surface area contributed by atoms with Crippen molar-refractivity contribution in [1.29, 1.82) is 0 Å². The highest BCUT2D eigenvalue weighted by molar-refractivity contribution is 7.99. The van der Waals surface area contributed by atoms with Gasteiger partial charge in [-0.15, -0.1) is 0 Å². The van der Waals surface area contributed by atoms with Gasteiger partial charge in [0.15, 0.2) is 12.2 Å². The molecule has 1 aliphatic rings. The second-order valence-corrected chi connectivity index (χ2v) is 10.6. The van der Waals surface area contributed by atoms with Crippen molar-refractivity contribution >= 4 is 29.7 Å². The maximum atomic E-state index is 13.2. The summed E-state index contributed by atoms with van der Waals surface area (Å²) in [6.07, 6.45) is -2.95. The number of thioether (sulfide) groups is 1. The van der Waals surface area contributed by atoms with Crippen molar-refractivity contribution in [1.82, 2.24) is 0 Å². The zero-order valence-electron chi connectivity index (χ0n) is 22.3. The summed E-state index contributed by atoms with van der Waals surface area (Å²) < 4.78 is 23.8. The van der Waals surface area contributed by atoms with Crippen LogP contribution in [0, 0.1) is 6.92 Å². The first-order valence-electron chi connectivity index (χ1n) is 13.1. The van der Waals surface area contributed by atoms with Gasteiger partial charge >= 0.3 is 17.9 Å². The molecule has 0 amide bonds. The van der Waals surface area contributed by atoms with Crippen molar-refractivity contribution in [2.24, 2.45) is 0 Å². The number of aryl methyl sites for hydroxylation is 1. The summed E-state index contributed by atoms with van der Waals surface area (Å²) in [4.78, 5) is 40.0. The highest BCUT2D eigenvalue weighted by Gasteiger charge is 2.51. The molecule has 1 saturated heterocycles. The molecule has 0 aromatic heterocycles. The average Bonchev–Trinajstić information content (AvgIpc) is 3.33. The zero-order chi connectivity index (χ0) is 28.6. The lowest BCUT2D eigenvalue weighted by Crippen LogP contribution is -2.41. The lowest BCUT2D eigenvalue weighted by Gasteiger charge is -2.24. The van der Waals surface area contributed by atoms with Gasteiger partial charge in [0.05, 0.1) is 16.7 Å². The van der Waals surface area contributed by atoms with E-state index < -0.39 is 41.7 Å². The minimum atomic E-state index is -1.05. The van der Waals surface area contributed by atoms with E-state index in [1.807, 2.05) is 31.2 Å². The van der Waals surface area contributed by atoms with E-state index in [1.54, 1.807) is 91.0 Å². The highest BCUT2D eigenvalue weighted by Crippen LogP contribution is 2.38. The largest absolute Gasteiger partial charge is 0.459 e. The third kappa shape index (κ3) is 7.22. The van der Waals surface area contributed by atoms with Gasteiger partial charge in [-0.2, -0.15) is 0 Å². The van der Waals surface area contributed by atoms with Crippen molar-refractivity contribution in [2.45, 2.75) is 35.6 Å². The molecule has 4 atom stereocenters. The van der Waals surface area contributed by atoms with Gasteiger partial charge in [0.2, 0.25) is 0 Å². The van der Waals surface area contributed by atoms with Gasteiger partial charge in [-0.05, 0) is 55.5 Å². The second-order valence-electron chi connectivity index (χ2n) is 9.41. The first kappa shape index (κ1) is 28.1. The molecule has 0 bridgehead atoms. The molecule has 41 heavy (non-hydrogen) atoms. The Balaban J connectivity index is 1.43. The summed E-state index contributed by atoms with van der Waals surface area (Å²) in [5.74, 6) is -1.74.